The van der Waals surface area contributed by atoms with Gasteiger partial charge in [0.15, 0.2) is 0 Å². The van der Waals surface area contributed by atoms with Gasteiger partial charge in [0.1, 0.15) is 18.7 Å². The minimum atomic E-state index is -1.15. The Morgan fingerprint density at radius 1 is 0.733 bits per heavy atom. The van der Waals surface area contributed by atoms with Crippen molar-refractivity contribution < 1.29 is 29.0 Å². The van der Waals surface area contributed by atoms with Gasteiger partial charge in [-0.15, -0.1) is 0 Å². The number of aliphatic carboxylic acids is 1. The predicted molar refractivity (Wildman–Crippen MR) is 170 cm³/mol. The highest BCUT2D eigenvalue weighted by molar-refractivity contribution is 5.99. The summed E-state index contributed by atoms with van der Waals surface area (Å²) in [7, 11) is 0. The number of para-hydroxylation sites is 1. The second-order valence-corrected chi connectivity index (χ2v) is 10.6. The van der Waals surface area contributed by atoms with E-state index in [1.165, 1.54) is 6.92 Å². The zero-order valence-electron chi connectivity index (χ0n) is 24.7. The standard InChI is InChI=1S/C36H31N3O6/c1-22(38-36(44)45-21-31-29-16-8-6-14-27(29)28-15-7-9-17-30(28)31)33(40)39-32-18-10-4-12-25(32)20-19-24-11-3-5-13-26(24)34(41)37-23(2)35(42)43/h3-18,22-23,31H,21H2,1-2H3,(H,37,41)(H,38,44)(H,39,40)(H,42,43)/t22-,23-/m0/s1. The molecule has 2 atom stereocenters. The maximum absolute atomic E-state index is 13.0. The van der Waals surface area contributed by atoms with E-state index in [0.717, 1.165) is 22.3 Å². The Labute approximate surface area is 260 Å². The highest BCUT2D eigenvalue weighted by Gasteiger charge is 2.29. The molecule has 45 heavy (non-hydrogen) atoms. The summed E-state index contributed by atoms with van der Waals surface area (Å²) in [5.41, 5.74) is 5.93. The molecular weight excluding hydrogens is 570 g/mol. The fourth-order valence-electron chi connectivity index (χ4n) is 5.09. The third-order valence-electron chi connectivity index (χ3n) is 7.48. The molecule has 4 N–H and O–H groups in total. The van der Waals surface area contributed by atoms with E-state index in [1.54, 1.807) is 55.5 Å². The minimum Gasteiger partial charge on any atom is -0.480 e. The Morgan fingerprint density at radius 3 is 1.96 bits per heavy atom. The first-order valence-corrected chi connectivity index (χ1v) is 14.4. The molecule has 3 amide bonds. The zero-order chi connectivity index (χ0) is 31.9. The molecule has 4 aromatic carbocycles. The Morgan fingerprint density at radius 2 is 1.29 bits per heavy atom. The van der Waals surface area contributed by atoms with Crippen LogP contribution >= 0.6 is 0 Å². The molecule has 1 aliphatic rings. The van der Waals surface area contributed by atoms with Crippen LogP contribution in [0, 0.1) is 11.8 Å². The lowest BCUT2D eigenvalue weighted by Gasteiger charge is -2.17. The van der Waals surface area contributed by atoms with E-state index in [-0.39, 0.29) is 18.1 Å². The number of benzene rings is 4. The largest absolute Gasteiger partial charge is 0.480 e. The number of anilines is 1. The summed E-state index contributed by atoms with van der Waals surface area (Å²) in [6.07, 6.45) is -0.709. The molecule has 0 spiro atoms. The number of fused-ring (bicyclic) bond motifs is 3. The van der Waals surface area contributed by atoms with Crippen LogP contribution in [-0.2, 0) is 14.3 Å². The fourth-order valence-corrected chi connectivity index (χ4v) is 5.09. The number of rotatable bonds is 8. The minimum absolute atomic E-state index is 0.102. The first-order valence-electron chi connectivity index (χ1n) is 14.4. The molecule has 5 rings (SSSR count). The Bertz CT molecular complexity index is 1790. The number of ether oxygens (including phenoxy) is 1. The molecule has 0 radical (unpaired) electrons. The summed E-state index contributed by atoms with van der Waals surface area (Å²) >= 11 is 0. The number of alkyl carbamates (subject to hydrolysis) is 1. The smallest absolute Gasteiger partial charge is 0.407 e. The van der Waals surface area contributed by atoms with Crippen molar-refractivity contribution in [2.24, 2.45) is 0 Å². The van der Waals surface area contributed by atoms with Crippen LogP contribution in [0.25, 0.3) is 11.1 Å². The van der Waals surface area contributed by atoms with E-state index in [9.17, 15) is 19.2 Å². The molecule has 0 aliphatic heterocycles. The van der Waals surface area contributed by atoms with Crippen molar-refractivity contribution in [1.29, 1.82) is 0 Å². The van der Waals surface area contributed by atoms with Crippen LogP contribution < -0.4 is 16.0 Å². The second-order valence-electron chi connectivity index (χ2n) is 10.6. The maximum atomic E-state index is 13.0. The van der Waals surface area contributed by atoms with E-state index in [0.29, 0.717) is 16.8 Å². The van der Waals surface area contributed by atoms with Gasteiger partial charge in [-0.25, -0.2) is 4.79 Å². The van der Waals surface area contributed by atoms with Crippen molar-refractivity contribution in [3.63, 3.8) is 0 Å². The highest BCUT2D eigenvalue weighted by Crippen LogP contribution is 2.44. The Hall–Kier alpha value is -5.88. The molecular formula is C36H31N3O6. The first-order chi connectivity index (χ1) is 21.7. The summed E-state index contributed by atoms with van der Waals surface area (Å²) in [4.78, 5) is 49.5. The lowest BCUT2D eigenvalue weighted by atomic mass is 9.98. The van der Waals surface area contributed by atoms with Crippen LogP contribution in [0.5, 0.6) is 0 Å². The van der Waals surface area contributed by atoms with E-state index >= 15 is 0 Å². The van der Waals surface area contributed by atoms with E-state index in [4.69, 9.17) is 9.84 Å². The van der Waals surface area contributed by atoms with E-state index < -0.39 is 36.0 Å². The van der Waals surface area contributed by atoms with Gasteiger partial charge in [-0.05, 0) is 60.4 Å². The van der Waals surface area contributed by atoms with Crippen molar-refractivity contribution in [1.82, 2.24) is 10.6 Å². The molecule has 0 saturated carbocycles. The van der Waals surface area contributed by atoms with Crippen LogP contribution in [-0.4, -0.2) is 47.7 Å². The topological polar surface area (TPSA) is 134 Å². The average Bonchev–Trinajstić information content (AvgIpc) is 3.36. The molecule has 0 saturated heterocycles. The molecule has 226 valence electrons. The lowest BCUT2D eigenvalue weighted by Crippen LogP contribution is -2.42. The number of carbonyl (C=O) groups is 4. The van der Waals surface area contributed by atoms with Crippen LogP contribution in [0.15, 0.2) is 97.1 Å². The normalized spacial score (nSPS) is 12.8. The van der Waals surface area contributed by atoms with E-state index in [1.807, 2.05) is 36.4 Å². The summed E-state index contributed by atoms with van der Waals surface area (Å²) in [6.45, 7) is 3.05. The number of carboxylic acids is 1. The summed E-state index contributed by atoms with van der Waals surface area (Å²) in [5.74, 6) is 3.63. The first kappa shape index (κ1) is 30.6. The SMILES string of the molecule is C[C@H](NC(=O)c1ccccc1C#Cc1ccccc1NC(=O)[C@H](C)NC(=O)OCC1c2ccccc2-c2ccccc21)C(=O)O. The molecule has 0 aromatic heterocycles. The second kappa shape index (κ2) is 13.6. The van der Waals surface area contributed by atoms with Gasteiger partial charge in [-0.3, -0.25) is 14.4 Å². The lowest BCUT2D eigenvalue weighted by molar-refractivity contribution is -0.138. The van der Waals surface area contributed by atoms with Gasteiger partial charge >= 0.3 is 12.1 Å². The van der Waals surface area contributed by atoms with Crippen molar-refractivity contribution in [2.45, 2.75) is 31.8 Å². The Kier molecular flexibility index (Phi) is 9.25. The number of carbonyl (C=O) groups excluding carboxylic acids is 3. The predicted octanol–water partition coefficient (Wildman–Crippen LogP) is 5.16. The van der Waals surface area contributed by atoms with Crippen LogP contribution in [0.1, 0.15) is 52.4 Å². The molecule has 0 unspecified atom stereocenters. The molecule has 1 aliphatic carbocycles. The monoisotopic (exact) mass is 601 g/mol. The number of hydrogen-bond acceptors (Lipinski definition) is 5. The quantitative estimate of drug-likeness (QED) is 0.206. The molecule has 9 heteroatoms. The van der Waals surface area contributed by atoms with Gasteiger partial charge < -0.3 is 25.8 Å². The van der Waals surface area contributed by atoms with Crippen molar-refractivity contribution in [2.75, 3.05) is 11.9 Å². The van der Waals surface area contributed by atoms with Gasteiger partial charge in [0.05, 0.1) is 11.3 Å². The van der Waals surface area contributed by atoms with Crippen LogP contribution in [0.4, 0.5) is 10.5 Å². The molecule has 4 aromatic rings. The molecule has 0 heterocycles. The van der Waals surface area contributed by atoms with Crippen molar-refractivity contribution >= 4 is 29.6 Å². The van der Waals surface area contributed by atoms with Crippen LogP contribution in [0.3, 0.4) is 0 Å². The zero-order valence-corrected chi connectivity index (χ0v) is 24.7. The van der Waals surface area contributed by atoms with Gasteiger partial charge in [0, 0.05) is 17.0 Å². The average molecular weight is 602 g/mol. The third-order valence-corrected chi connectivity index (χ3v) is 7.48. The molecule has 0 fully saturated rings. The molecule has 0 bridgehead atoms. The summed E-state index contributed by atoms with van der Waals surface area (Å²) < 4.78 is 5.57. The fraction of sp³-hybridized carbons (Fsp3) is 0.167. The van der Waals surface area contributed by atoms with Crippen molar-refractivity contribution in [3.05, 3.63) is 125 Å². The van der Waals surface area contributed by atoms with Gasteiger partial charge in [0.25, 0.3) is 5.91 Å². The number of hydrogen-bond donors (Lipinski definition) is 4. The van der Waals surface area contributed by atoms with Gasteiger partial charge in [0.2, 0.25) is 5.91 Å². The number of nitrogens with one attached hydrogen (secondary N) is 3. The third kappa shape index (κ3) is 7.03. The van der Waals surface area contributed by atoms with Gasteiger partial charge in [-0.2, -0.15) is 0 Å². The van der Waals surface area contributed by atoms with Gasteiger partial charge in [-0.1, -0.05) is 84.6 Å². The maximum Gasteiger partial charge on any atom is 0.407 e. The molecule has 9 nitrogen and oxygen atoms in total. The summed E-state index contributed by atoms with van der Waals surface area (Å²) in [5, 5.41) is 16.9. The number of carboxylic acid groups (broad SMARTS) is 1. The van der Waals surface area contributed by atoms with Crippen LogP contribution in [0.2, 0.25) is 0 Å². The highest BCUT2D eigenvalue weighted by atomic mass is 16.5. The Balaban J connectivity index is 1.22. The number of amides is 3. The van der Waals surface area contributed by atoms with E-state index in [2.05, 4.69) is 39.9 Å². The summed E-state index contributed by atoms with van der Waals surface area (Å²) in [6, 6.07) is 27.5. The van der Waals surface area contributed by atoms with Crippen molar-refractivity contribution in [3.8, 4) is 23.0 Å².